The van der Waals surface area contributed by atoms with Gasteiger partial charge in [0.05, 0.1) is 18.6 Å². The van der Waals surface area contributed by atoms with Gasteiger partial charge in [0.25, 0.3) is 5.91 Å². The molecule has 1 amide bonds. The number of hydrogen-bond acceptors (Lipinski definition) is 5. The van der Waals surface area contributed by atoms with Crippen LogP contribution in [-0.2, 0) is 6.54 Å². The van der Waals surface area contributed by atoms with Crippen molar-refractivity contribution < 1.29 is 4.79 Å². The monoisotopic (exact) mass is 289 g/mol. The molecule has 0 aromatic carbocycles. The lowest BCUT2D eigenvalue weighted by molar-refractivity contribution is 0.0947. The molecular weight excluding hydrogens is 270 g/mol. The van der Waals surface area contributed by atoms with Crippen molar-refractivity contribution in [2.24, 2.45) is 0 Å². The molecule has 3 heterocycles. The highest BCUT2D eigenvalue weighted by atomic mass is 16.2. The Labute approximate surface area is 122 Å². The van der Waals surface area contributed by atoms with Gasteiger partial charge >= 0.3 is 0 Å². The molecule has 21 heavy (non-hydrogen) atoms. The second-order valence-electron chi connectivity index (χ2n) is 5.12. The van der Waals surface area contributed by atoms with Crippen molar-refractivity contribution >= 4 is 5.91 Å². The molecule has 0 saturated carbocycles. The van der Waals surface area contributed by atoms with Crippen LogP contribution >= 0.6 is 0 Å². The number of carbonyl (C=O) groups excluding carboxylic acids is 1. The Hall–Kier alpha value is -2.22. The smallest absolute Gasteiger partial charge is 0.273 e. The van der Waals surface area contributed by atoms with Gasteiger partial charge in [0.15, 0.2) is 5.69 Å². The average molecular weight is 289 g/mol. The first-order chi connectivity index (χ1) is 10.3. The standard InChI is InChI=1S/C13H19N7O/c21-13(16-6-8-19-7-5-15-10-19)12-9-20(18-17-12)11-1-3-14-4-2-11/h5,7,9-11,14H,1-4,6,8H2,(H,16,21). The van der Waals surface area contributed by atoms with Crippen molar-refractivity contribution in [3.63, 3.8) is 0 Å². The van der Waals surface area contributed by atoms with E-state index in [0.29, 0.717) is 24.8 Å². The van der Waals surface area contributed by atoms with Gasteiger partial charge < -0.3 is 15.2 Å². The van der Waals surface area contributed by atoms with Crippen molar-refractivity contribution in [1.29, 1.82) is 0 Å². The number of carbonyl (C=O) groups is 1. The quantitative estimate of drug-likeness (QED) is 0.797. The lowest BCUT2D eigenvalue weighted by Gasteiger charge is -2.22. The van der Waals surface area contributed by atoms with Crippen molar-refractivity contribution in [3.8, 4) is 0 Å². The number of piperidine rings is 1. The summed E-state index contributed by atoms with van der Waals surface area (Å²) >= 11 is 0. The molecular formula is C13H19N7O. The molecule has 1 fully saturated rings. The second kappa shape index (κ2) is 6.49. The highest BCUT2D eigenvalue weighted by Gasteiger charge is 2.18. The number of aromatic nitrogens is 5. The van der Waals surface area contributed by atoms with Crippen LogP contribution < -0.4 is 10.6 Å². The molecule has 0 bridgehead atoms. The molecule has 8 heteroatoms. The zero-order chi connectivity index (χ0) is 14.5. The Morgan fingerprint density at radius 2 is 2.29 bits per heavy atom. The van der Waals surface area contributed by atoms with Crippen LogP contribution in [0.5, 0.6) is 0 Å². The zero-order valence-electron chi connectivity index (χ0n) is 11.8. The molecule has 2 aromatic heterocycles. The molecule has 0 spiro atoms. The minimum Gasteiger partial charge on any atom is -0.349 e. The fraction of sp³-hybridized carbons (Fsp3) is 0.538. The van der Waals surface area contributed by atoms with Crippen LogP contribution in [0.25, 0.3) is 0 Å². The predicted octanol–water partition coefficient (Wildman–Crippen LogP) is -0.171. The van der Waals surface area contributed by atoms with E-state index in [1.54, 1.807) is 18.7 Å². The number of amides is 1. The summed E-state index contributed by atoms with van der Waals surface area (Å²) in [7, 11) is 0. The minimum absolute atomic E-state index is 0.185. The number of imidazole rings is 1. The van der Waals surface area contributed by atoms with E-state index < -0.39 is 0 Å². The number of nitrogens with zero attached hydrogens (tertiary/aromatic N) is 5. The highest BCUT2D eigenvalue weighted by molar-refractivity contribution is 5.91. The summed E-state index contributed by atoms with van der Waals surface area (Å²) in [5.41, 5.74) is 0.374. The Morgan fingerprint density at radius 1 is 1.43 bits per heavy atom. The molecule has 0 radical (unpaired) electrons. The average Bonchev–Trinajstić information content (AvgIpc) is 3.20. The fourth-order valence-electron chi connectivity index (χ4n) is 2.44. The summed E-state index contributed by atoms with van der Waals surface area (Å²) in [5, 5.41) is 14.2. The Kier molecular flexibility index (Phi) is 4.25. The van der Waals surface area contributed by atoms with Crippen LogP contribution in [0, 0.1) is 0 Å². The van der Waals surface area contributed by atoms with E-state index in [1.807, 2.05) is 15.4 Å². The largest absolute Gasteiger partial charge is 0.349 e. The maximum absolute atomic E-state index is 12.0. The third-order valence-electron chi connectivity index (χ3n) is 3.64. The van der Waals surface area contributed by atoms with Crippen molar-refractivity contribution in [3.05, 3.63) is 30.6 Å². The van der Waals surface area contributed by atoms with Crippen LogP contribution in [0.3, 0.4) is 0 Å². The van der Waals surface area contributed by atoms with Gasteiger partial charge in [0.2, 0.25) is 0 Å². The first-order valence-electron chi connectivity index (χ1n) is 7.19. The molecule has 3 rings (SSSR count). The normalized spacial score (nSPS) is 16.0. The van der Waals surface area contributed by atoms with Crippen LogP contribution in [0.15, 0.2) is 24.9 Å². The van der Waals surface area contributed by atoms with Gasteiger partial charge in [-0.2, -0.15) is 0 Å². The summed E-state index contributed by atoms with van der Waals surface area (Å²) in [4.78, 5) is 16.0. The molecule has 0 unspecified atom stereocenters. The maximum Gasteiger partial charge on any atom is 0.273 e. The van der Waals surface area contributed by atoms with E-state index >= 15 is 0 Å². The van der Waals surface area contributed by atoms with E-state index in [1.165, 1.54) is 0 Å². The van der Waals surface area contributed by atoms with Gasteiger partial charge in [-0.15, -0.1) is 5.10 Å². The fourth-order valence-corrected chi connectivity index (χ4v) is 2.44. The van der Waals surface area contributed by atoms with Crippen LogP contribution in [0.4, 0.5) is 0 Å². The number of hydrogen-bond donors (Lipinski definition) is 2. The first kappa shape index (κ1) is 13.7. The van der Waals surface area contributed by atoms with E-state index in [9.17, 15) is 4.79 Å². The molecule has 0 atom stereocenters. The maximum atomic E-state index is 12.0. The number of rotatable bonds is 5. The van der Waals surface area contributed by atoms with Crippen molar-refractivity contribution in [2.45, 2.75) is 25.4 Å². The Balaban J connectivity index is 1.51. The second-order valence-corrected chi connectivity index (χ2v) is 5.12. The van der Waals surface area contributed by atoms with E-state index in [4.69, 9.17) is 0 Å². The van der Waals surface area contributed by atoms with Crippen LogP contribution in [0.2, 0.25) is 0 Å². The summed E-state index contributed by atoms with van der Waals surface area (Å²) < 4.78 is 3.72. The number of nitrogens with one attached hydrogen (secondary N) is 2. The summed E-state index contributed by atoms with van der Waals surface area (Å²) in [6.45, 7) is 3.19. The van der Waals surface area contributed by atoms with Gasteiger partial charge in [-0.1, -0.05) is 5.21 Å². The summed E-state index contributed by atoms with van der Waals surface area (Å²) in [5.74, 6) is -0.185. The third kappa shape index (κ3) is 3.46. The van der Waals surface area contributed by atoms with Gasteiger partial charge in [-0.05, 0) is 25.9 Å². The molecule has 2 N–H and O–H groups in total. The van der Waals surface area contributed by atoms with Gasteiger partial charge in [0.1, 0.15) is 0 Å². The lowest BCUT2D eigenvalue weighted by Crippen LogP contribution is -2.29. The first-order valence-corrected chi connectivity index (χ1v) is 7.19. The lowest BCUT2D eigenvalue weighted by atomic mass is 10.1. The Morgan fingerprint density at radius 3 is 3.05 bits per heavy atom. The van der Waals surface area contributed by atoms with Gasteiger partial charge in [-0.3, -0.25) is 4.79 Å². The molecule has 1 aliphatic heterocycles. The molecule has 0 aliphatic carbocycles. The predicted molar refractivity (Wildman–Crippen MR) is 75.7 cm³/mol. The van der Waals surface area contributed by atoms with Crippen molar-refractivity contribution in [1.82, 2.24) is 35.2 Å². The molecule has 2 aromatic rings. The molecule has 1 saturated heterocycles. The summed E-state index contributed by atoms with van der Waals surface area (Å²) in [6.07, 6.45) is 9.07. The van der Waals surface area contributed by atoms with E-state index in [2.05, 4.69) is 25.9 Å². The summed E-state index contributed by atoms with van der Waals surface area (Å²) in [6, 6.07) is 0.339. The zero-order valence-corrected chi connectivity index (χ0v) is 11.8. The van der Waals surface area contributed by atoms with Crippen LogP contribution in [-0.4, -0.2) is 50.1 Å². The SMILES string of the molecule is O=C(NCCn1ccnc1)c1cn(C2CCNCC2)nn1. The van der Waals surface area contributed by atoms with E-state index in [-0.39, 0.29) is 5.91 Å². The van der Waals surface area contributed by atoms with E-state index in [0.717, 1.165) is 25.9 Å². The van der Waals surface area contributed by atoms with Gasteiger partial charge in [0, 0.05) is 25.5 Å². The molecule has 1 aliphatic rings. The van der Waals surface area contributed by atoms with Gasteiger partial charge in [-0.25, -0.2) is 9.67 Å². The molecule has 112 valence electrons. The molecule has 8 nitrogen and oxygen atoms in total. The van der Waals surface area contributed by atoms with Crippen molar-refractivity contribution in [2.75, 3.05) is 19.6 Å². The third-order valence-corrected chi connectivity index (χ3v) is 3.64. The highest BCUT2D eigenvalue weighted by Crippen LogP contribution is 2.16. The Bertz CT molecular complexity index is 571. The minimum atomic E-state index is -0.185. The van der Waals surface area contributed by atoms with Crippen LogP contribution in [0.1, 0.15) is 29.4 Å². The topological polar surface area (TPSA) is 89.7 Å².